The van der Waals surface area contributed by atoms with Crippen LogP contribution in [0.5, 0.6) is 0 Å². The first-order valence-electron chi connectivity index (χ1n) is 7.82. The minimum Gasteiger partial charge on any atom is -0.320 e. The summed E-state index contributed by atoms with van der Waals surface area (Å²) in [5.41, 5.74) is 7.26. The molecule has 2 heterocycles. The molecule has 1 amide bonds. The van der Waals surface area contributed by atoms with Crippen LogP contribution in [0.15, 0.2) is 28.9 Å². The Morgan fingerprint density at radius 3 is 2.29 bits per heavy atom. The first-order valence-corrected chi connectivity index (χ1v) is 8.61. The Balaban J connectivity index is 2.09. The molecule has 0 aliphatic heterocycles. The summed E-state index contributed by atoms with van der Waals surface area (Å²) < 4.78 is 2.73. The molecule has 4 nitrogen and oxygen atoms in total. The van der Waals surface area contributed by atoms with Crippen LogP contribution in [0, 0.1) is 34.6 Å². The summed E-state index contributed by atoms with van der Waals surface area (Å²) >= 11 is 3.53. The molecule has 3 aromatic rings. The standard InChI is InChI=1S/C19H20BrN3O/c1-10-6-12(3)16(13(4)7-10)22-19(24)17-14(5)21-18-15(20)8-11(2)9-23(17)18/h6-9H,1-5H3,(H,22,24). The largest absolute Gasteiger partial charge is 0.320 e. The van der Waals surface area contributed by atoms with Crippen molar-refractivity contribution in [1.82, 2.24) is 9.38 Å². The van der Waals surface area contributed by atoms with E-state index in [0.29, 0.717) is 11.4 Å². The first kappa shape index (κ1) is 16.7. The van der Waals surface area contributed by atoms with Gasteiger partial charge in [0.25, 0.3) is 5.91 Å². The van der Waals surface area contributed by atoms with Crippen LogP contribution >= 0.6 is 15.9 Å². The molecular weight excluding hydrogens is 366 g/mol. The number of carbonyl (C=O) groups excluding carboxylic acids is 1. The fourth-order valence-electron chi connectivity index (χ4n) is 3.17. The minimum atomic E-state index is -0.146. The van der Waals surface area contributed by atoms with Gasteiger partial charge in [-0.2, -0.15) is 0 Å². The van der Waals surface area contributed by atoms with E-state index in [2.05, 4.69) is 45.3 Å². The van der Waals surface area contributed by atoms with E-state index in [1.807, 2.05) is 44.4 Å². The highest BCUT2D eigenvalue weighted by Gasteiger charge is 2.19. The third kappa shape index (κ3) is 2.84. The number of hydrogen-bond donors (Lipinski definition) is 1. The molecule has 2 aromatic heterocycles. The van der Waals surface area contributed by atoms with Gasteiger partial charge in [0.05, 0.1) is 10.2 Å². The van der Waals surface area contributed by atoms with Crippen molar-refractivity contribution in [3.63, 3.8) is 0 Å². The molecule has 0 unspecified atom stereocenters. The Bertz CT molecular complexity index is 949. The van der Waals surface area contributed by atoms with E-state index in [1.165, 1.54) is 5.56 Å². The number of pyridine rings is 1. The van der Waals surface area contributed by atoms with Gasteiger partial charge in [-0.1, -0.05) is 17.7 Å². The fraction of sp³-hybridized carbons (Fsp3) is 0.263. The molecule has 0 bridgehead atoms. The van der Waals surface area contributed by atoms with E-state index in [0.717, 1.165) is 32.5 Å². The average Bonchev–Trinajstić information content (AvgIpc) is 2.79. The molecule has 0 atom stereocenters. The normalized spacial score (nSPS) is 11.1. The van der Waals surface area contributed by atoms with Crippen molar-refractivity contribution in [3.05, 3.63) is 62.5 Å². The first-order chi connectivity index (χ1) is 11.3. The number of imidazole rings is 1. The summed E-state index contributed by atoms with van der Waals surface area (Å²) in [7, 11) is 0. The van der Waals surface area contributed by atoms with E-state index in [-0.39, 0.29) is 5.91 Å². The van der Waals surface area contributed by atoms with E-state index >= 15 is 0 Å². The predicted molar refractivity (Wildman–Crippen MR) is 101 cm³/mol. The van der Waals surface area contributed by atoms with Crippen LogP contribution in [-0.4, -0.2) is 15.3 Å². The molecule has 0 spiro atoms. The molecular formula is C19H20BrN3O. The topological polar surface area (TPSA) is 46.4 Å². The monoisotopic (exact) mass is 385 g/mol. The average molecular weight is 386 g/mol. The van der Waals surface area contributed by atoms with Gasteiger partial charge in [0.2, 0.25) is 0 Å². The highest BCUT2D eigenvalue weighted by Crippen LogP contribution is 2.25. The molecule has 0 aliphatic rings. The lowest BCUT2D eigenvalue weighted by Gasteiger charge is -2.13. The molecule has 0 aliphatic carbocycles. The lowest BCUT2D eigenvalue weighted by Crippen LogP contribution is -2.17. The number of carbonyl (C=O) groups is 1. The third-order valence-corrected chi connectivity index (χ3v) is 4.70. The quantitative estimate of drug-likeness (QED) is 0.682. The second kappa shape index (κ2) is 6.06. The van der Waals surface area contributed by atoms with Crippen LogP contribution in [0.25, 0.3) is 5.65 Å². The van der Waals surface area contributed by atoms with E-state index in [4.69, 9.17) is 0 Å². The van der Waals surface area contributed by atoms with Crippen molar-refractivity contribution in [1.29, 1.82) is 0 Å². The molecule has 124 valence electrons. The number of halogens is 1. The Morgan fingerprint density at radius 1 is 1.04 bits per heavy atom. The summed E-state index contributed by atoms with van der Waals surface area (Å²) in [6.07, 6.45) is 1.93. The van der Waals surface area contributed by atoms with Crippen molar-refractivity contribution in [2.45, 2.75) is 34.6 Å². The lowest BCUT2D eigenvalue weighted by atomic mass is 10.0. The van der Waals surface area contributed by atoms with Crippen molar-refractivity contribution in [3.8, 4) is 0 Å². The maximum absolute atomic E-state index is 12.9. The molecule has 0 fully saturated rings. The van der Waals surface area contributed by atoms with Crippen LogP contribution < -0.4 is 5.32 Å². The van der Waals surface area contributed by atoms with Gasteiger partial charge in [-0.3, -0.25) is 9.20 Å². The predicted octanol–water partition coefficient (Wildman–Crippen LogP) is 4.89. The zero-order valence-corrected chi connectivity index (χ0v) is 16.1. The zero-order valence-electron chi connectivity index (χ0n) is 14.5. The summed E-state index contributed by atoms with van der Waals surface area (Å²) in [5.74, 6) is -0.146. The van der Waals surface area contributed by atoms with Gasteiger partial charge < -0.3 is 5.32 Å². The van der Waals surface area contributed by atoms with E-state index in [1.54, 1.807) is 0 Å². The number of benzene rings is 1. The number of nitrogens with one attached hydrogen (secondary N) is 1. The molecule has 0 radical (unpaired) electrons. The molecule has 0 saturated heterocycles. The second-order valence-corrected chi connectivity index (χ2v) is 7.19. The third-order valence-electron chi connectivity index (χ3n) is 4.12. The summed E-state index contributed by atoms with van der Waals surface area (Å²) in [4.78, 5) is 17.5. The van der Waals surface area contributed by atoms with Crippen LogP contribution in [0.3, 0.4) is 0 Å². The Kier molecular flexibility index (Phi) is 4.22. The molecule has 1 N–H and O–H groups in total. The summed E-state index contributed by atoms with van der Waals surface area (Å²) in [6.45, 7) is 9.93. The van der Waals surface area contributed by atoms with E-state index < -0.39 is 0 Å². The Labute approximate surface area is 150 Å². The SMILES string of the molecule is Cc1cc(C)c(NC(=O)c2c(C)nc3c(Br)cc(C)cn23)c(C)c1. The second-order valence-electron chi connectivity index (χ2n) is 6.33. The molecule has 3 rings (SSSR count). The fourth-order valence-corrected chi connectivity index (χ4v) is 3.81. The summed E-state index contributed by atoms with van der Waals surface area (Å²) in [6, 6.07) is 6.15. The maximum atomic E-state index is 12.9. The summed E-state index contributed by atoms with van der Waals surface area (Å²) in [5, 5.41) is 3.06. The van der Waals surface area contributed by atoms with Gasteiger partial charge in [0.1, 0.15) is 5.69 Å². The molecule has 0 saturated carbocycles. The number of rotatable bonds is 2. The Morgan fingerprint density at radius 2 is 1.67 bits per heavy atom. The highest BCUT2D eigenvalue weighted by atomic mass is 79.9. The van der Waals surface area contributed by atoms with Crippen LogP contribution in [0.4, 0.5) is 5.69 Å². The van der Waals surface area contributed by atoms with Gasteiger partial charge in [0, 0.05) is 11.9 Å². The minimum absolute atomic E-state index is 0.146. The molecule has 5 heteroatoms. The van der Waals surface area contributed by atoms with Crippen molar-refractivity contribution in [2.24, 2.45) is 0 Å². The van der Waals surface area contributed by atoms with Crippen molar-refractivity contribution >= 4 is 33.2 Å². The van der Waals surface area contributed by atoms with Crippen molar-refractivity contribution in [2.75, 3.05) is 5.32 Å². The van der Waals surface area contributed by atoms with Crippen molar-refractivity contribution < 1.29 is 4.79 Å². The maximum Gasteiger partial charge on any atom is 0.274 e. The highest BCUT2D eigenvalue weighted by molar-refractivity contribution is 9.10. The van der Waals surface area contributed by atoms with Gasteiger partial charge >= 0.3 is 0 Å². The number of hydrogen-bond acceptors (Lipinski definition) is 2. The zero-order chi connectivity index (χ0) is 17.6. The lowest BCUT2D eigenvalue weighted by molar-refractivity contribution is 0.102. The number of anilines is 1. The molecule has 1 aromatic carbocycles. The number of amides is 1. The number of aryl methyl sites for hydroxylation is 5. The number of aromatic nitrogens is 2. The number of fused-ring (bicyclic) bond motifs is 1. The van der Waals surface area contributed by atoms with Crippen LogP contribution in [0.2, 0.25) is 0 Å². The van der Waals surface area contributed by atoms with Gasteiger partial charge in [-0.05, 0) is 73.3 Å². The van der Waals surface area contributed by atoms with Gasteiger partial charge in [-0.25, -0.2) is 4.98 Å². The van der Waals surface area contributed by atoms with Gasteiger partial charge in [0.15, 0.2) is 5.65 Å². The smallest absolute Gasteiger partial charge is 0.274 e. The van der Waals surface area contributed by atoms with Gasteiger partial charge in [-0.15, -0.1) is 0 Å². The van der Waals surface area contributed by atoms with Crippen LogP contribution in [0.1, 0.15) is 38.4 Å². The Hall–Kier alpha value is -2.14. The molecule has 24 heavy (non-hydrogen) atoms. The number of nitrogens with zero attached hydrogens (tertiary/aromatic N) is 2. The van der Waals surface area contributed by atoms with E-state index in [9.17, 15) is 4.79 Å². The van der Waals surface area contributed by atoms with Crippen LogP contribution in [-0.2, 0) is 0 Å².